The highest BCUT2D eigenvalue weighted by molar-refractivity contribution is 6.71. The van der Waals surface area contributed by atoms with Crippen molar-refractivity contribution in [1.82, 2.24) is 8.84 Å². The zero-order chi connectivity index (χ0) is 10.4. The number of imide groups is 2. The second-order valence-corrected chi connectivity index (χ2v) is 4.03. The van der Waals surface area contributed by atoms with Gasteiger partial charge in [-0.3, -0.25) is 9.59 Å². The highest BCUT2D eigenvalue weighted by Gasteiger charge is 2.56. The van der Waals surface area contributed by atoms with Gasteiger partial charge in [0.15, 0.2) is 0 Å². The van der Waals surface area contributed by atoms with Crippen LogP contribution in [-0.4, -0.2) is 31.0 Å². The Kier molecular flexibility index (Phi) is 2.64. The molecular weight excluding hydrogens is 266 g/mol. The van der Waals surface area contributed by atoms with Crippen LogP contribution in [0.15, 0.2) is 0 Å². The third kappa shape index (κ3) is 1.46. The average Bonchev–Trinajstić information content (AvgIpc) is 2.09. The molecule has 1 fully saturated rings. The van der Waals surface area contributed by atoms with Crippen molar-refractivity contribution in [3.63, 3.8) is 0 Å². The Morgan fingerprint density at radius 3 is 1.54 bits per heavy atom. The van der Waals surface area contributed by atoms with Crippen LogP contribution in [0.2, 0.25) is 0 Å². The first-order valence-corrected chi connectivity index (χ1v) is 4.15. The zero-order valence-corrected chi connectivity index (χ0v) is 8.65. The first kappa shape index (κ1) is 10.8. The van der Waals surface area contributed by atoms with Gasteiger partial charge in [-0.05, 0) is 0 Å². The summed E-state index contributed by atoms with van der Waals surface area (Å²) in [6.45, 7) is 0. The summed E-state index contributed by atoms with van der Waals surface area (Å²) in [5.74, 6) is -2.49. The van der Waals surface area contributed by atoms with E-state index < -0.39 is 22.2 Å². The SMILES string of the molecule is O=C1N(Cl)C(=O)C(Cl)(Cl)C(=O)N1Cl. The van der Waals surface area contributed by atoms with Gasteiger partial charge < -0.3 is 0 Å². The molecule has 1 rings (SSSR count). The number of alkyl halides is 2. The predicted molar refractivity (Wildman–Crippen MR) is 45.2 cm³/mol. The summed E-state index contributed by atoms with van der Waals surface area (Å²) in [5, 5.41) is 0. The maximum atomic E-state index is 11.0. The van der Waals surface area contributed by atoms with Crippen molar-refractivity contribution in [3.8, 4) is 0 Å². The first-order valence-electron chi connectivity index (χ1n) is 2.72. The molecule has 13 heavy (non-hydrogen) atoms. The van der Waals surface area contributed by atoms with Gasteiger partial charge in [0.25, 0.3) is 16.1 Å². The highest BCUT2D eigenvalue weighted by atomic mass is 35.5. The summed E-state index contributed by atoms with van der Waals surface area (Å²) in [6, 6.07) is -1.21. The number of hydrogen-bond acceptors (Lipinski definition) is 3. The lowest BCUT2D eigenvalue weighted by Crippen LogP contribution is -2.58. The number of halogens is 4. The topological polar surface area (TPSA) is 57.7 Å². The van der Waals surface area contributed by atoms with Gasteiger partial charge in [-0.15, -0.1) is 0 Å². The van der Waals surface area contributed by atoms with Crippen molar-refractivity contribution < 1.29 is 14.4 Å². The van der Waals surface area contributed by atoms with Crippen molar-refractivity contribution >= 4 is 64.6 Å². The molecule has 4 amide bonds. The van der Waals surface area contributed by atoms with Crippen LogP contribution in [0.25, 0.3) is 0 Å². The fraction of sp³-hybridized carbons (Fsp3) is 0.250. The quantitative estimate of drug-likeness (QED) is 0.376. The fourth-order valence-electron chi connectivity index (χ4n) is 0.589. The number of carbonyl (C=O) groups excluding carboxylic acids is 3. The Hall–Kier alpha value is -0.230. The molecule has 0 radical (unpaired) electrons. The van der Waals surface area contributed by atoms with Crippen LogP contribution in [0.3, 0.4) is 0 Å². The van der Waals surface area contributed by atoms with E-state index in [0.29, 0.717) is 0 Å². The van der Waals surface area contributed by atoms with Gasteiger partial charge in [0.05, 0.1) is 0 Å². The molecule has 0 aliphatic carbocycles. The predicted octanol–water partition coefficient (Wildman–Crippen LogP) is 1.26. The molecule has 1 aliphatic rings. The molecule has 1 heterocycles. The van der Waals surface area contributed by atoms with E-state index in [1.165, 1.54) is 0 Å². The lowest BCUT2D eigenvalue weighted by atomic mass is 10.3. The van der Waals surface area contributed by atoms with Crippen molar-refractivity contribution in [2.45, 2.75) is 4.33 Å². The van der Waals surface area contributed by atoms with Crippen molar-refractivity contribution in [2.75, 3.05) is 0 Å². The summed E-state index contributed by atoms with van der Waals surface area (Å²) >= 11 is 20.9. The third-order valence-electron chi connectivity index (χ3n) is 1.23. The van der Waals surface area contributed by atoms with E-state index in [1.54, 1.807) is 0 Å². The number of barbiturate groups is 1. The van der Waals surface area contributed by atoms with Gasteiger partial charge in [-0.1, -0.05) is 23.2 Å². The van der Waals surface area contributed by atoms with Crippen LogP contribution in [-0.2, 0) is 9.59 Å². The molecule has 0 aromatic carbocycles. The van der Waals surface area contributed by atoms with E-state index >= 15 is 0 Å². The molecule has 0 unspecified atom stereocenters. The van der Waals surface area contributed by atoms with E-state index in [9.17, 15) is 14.4 Å². The second kappa shape index (κ2) is 3.16. The van der Waals surface area contributed by atoms with Crippen LogP contribution in [0.4, 0.5) is 4.79 Å². The summed E-state index contributed by atoms with van der Waals surface area (Å²) < 4.78 is -2.37. The molecule has 0 spiro atoms. The lowest BCUT2D eigenvalue weighted by Gasteiger charge is -2.30. The lowest BCUT2D eigenvalue weighted by molar-refractivity contribution is -0.137. The number of rotatable bonds is 0. The molecule has 5 nitrogen and oxygen atoms in total. The summed E-state index contributed by atoms with van der Waals surface area (Å²) in [6.07, 6.45) is 0. The fourth-order valence-corrected chi connectivity index (χ4v) is 1.54. The minimum Gasteiger partial charge on any atom is -0.269 e. The number of amides is 4. The van der Waals surface area contributed by atoms with E-state index in [-0.39, 0.29) is 8.84 Å². The number of urea groups is 1. The van der Waals surface area contributed by atoms with Crippen molar-refractivity contribution in [3.05, 3.63) is 0 Å². The summed E-state index contributed by atoms with van der Waals surface area (Å²) in [4.78, 5) is 32.9. The molecule has 0 aromatic rings. The number of hydrogen-bond donors (Lipinski definition) is 0. The highest BCUT2D eigenvalue weighted by Crippen LogP contribution is 2.33. The van der Waals surface area contributed by atoms with Crippen LogP contribution in [0.5, 0.6) is 0 Å². The Labute approximate surface area is 92.3 Å². The summed E-state index contributed by atoms with van der Waals surface area (Å²) in [7, 11) is 0. The Morgan fingerprint density at radius 2 is 1.23 bits per heavy atom. The molecule has 0 bridgehead atoms. The van der Waals surface area contributed by atoms with Crippen molar-refractivity contribution in [2.24, 2.45) is 0 Å². The van der Waals surface area contributed by atoms with Gasteiger partial charge in [-0.2, -0.15) is 8.84 Å². The van der Waals surface area contributed by atoms with E-state index in [4.69, 9.17) is 46.8 Å². The molecule has 0 aromatic heterocycles. The third-order valence-corrected chi connectivity index (χ3v) is 2.47. The average molecular weight is 266 g/mol. The first-order chi connectivity index (χ1) is 5.80. The number of nitrogens with zero attached hydrogens (tertiary/aromatic N) is 2. The van der Waals surface area contributed by atoms with Gasteiger partial charge in [0.1, 0.15) is 0 Å². The normalized spacial score (nSPS) is 22.6. The Bertz CT molecular complexity index is 278. The molecule has 0 atom stereocenters. The molecule has 1 saturated heterocycles. The second-order valence-electron chi connectivity index (χ2n) is 2.03. The largest absolute Gasteiger partial charge is 0.363 e. The van der Waals surface area contributed by atoms with Crippen LogP contribution < -0.4 is 0 Å². The maximum Gasteiger partial charge on any atom is 0.363 e. The molecule has 72 valence electrons. The van der Waals surface area contributed by atoms with E-state index in [1.807, 2.05) is 0 Å². The van der Waals surface area contributed by atoms with Crippen LogP contribution in [0.1, 0.15) is 0 Å². The van der Waals surface area contributed by atoms with Gasteiger partial charge in [0.2, 0.25) is 0 Å². The maximum absolute atomic E-state index is 11.0. The molecule has 9 heteroatoms. The van der Waals surface area contributed by atoms with Crippen molar-refractivity contribution in [1.29, 1.82) is 0 Å². The summed E-state index contributed by atoms with van der Waals surface area (Å²) in [5.41, 5.74) is 0. The Balaban J connectivity index is 3.15. The van der Waals surface area contributed by atoms with E-state index in [0.717, 1.165) is 0 Å². The molecule has 0 N–H and O–H groups in total. The Morgan fingerprint density at radius 1 is 0.923 bits per heavy atom. The van der Waals surface area contributed by atoms with Gasteiger partial charge >= 0.3 is 6.03 Å². The molecular formula is C4Cl4N2O3. The van der Waals surface area contributed by atoms with Gasteiger partial charge in [0, 0.05) is 23.6 Å². The minimum absolute atomic E-state index is 0.0361. The monoisotopic (exact) mass is 264 g/mol. The molecule has 1 aliphatic heterocycles. The smallest absolute Gasteiger partial charge is 0.269 e. The van der Waals surface area contributed by atoms with E-state index in [2.05, 4.69) is 0 Å². The van der Waals surface area contributed by atoms with Crippen LogP contribution >= 0.6 is 46.8 Å². The molecule has 0 saturated carbocycles. The minimum atomic E-state index is -2.45. The standard InChI is InChI=1S/C4Cl4N2O3/c5-4(6)1(11)9(7)3(13)10(8)2(4)12. The van der Waals surface area contributed by atoms with Crippen LogP contribution in [0, 0.1) is 0 Å². The zero-order valence-electron chi connectivity index (χ0n) is 5.63. The number of carbonyl (C=O) groups is 3. The van der Waals surface area contributed by atoms with Gasteiger partial charge in [-0.25, -0.2) is 4.79 Å².